The Morgan fingerprint density at radius 3 is 2.83 bits per heavy atom. The number of halogens is 1. The predicted octanol–water partition coefficient (Wildman–Crippen LogP) is 3.15. The molecule has 0 radical (unpaired) electrons. The Hall–Kier alpha value is -2.28. The third-order valence-corrected chi connectivity index (χ3v) is 5.84. The van der Waals surface area contributed by atoms with Crippen molar-refractivity contribution in [2.24, 2.45) is 0 Å². The Balaban J connectivity index is 1.68. The predicted molar refractivity (Wildman–Crippen MR) is 115 cm³/mol. The van der Waals surface area contributed by atoms with Crippen LogP contribution in [0.15, 0.2) is 47.5 Å². The maximum absolute atomic E-state index is 13.1. The van der Waals surface area contributed by atoms with E-state index in [0.717, 1.165) is 42.6 Å². The number of benzene rings is 1. The lowest BCUT2D eigenvalue weighted by molar-refractivity contribution is 0.134. The summed E-state index contributed by atoms with van der Waals surface area (Å²) in [7, 11) is 1.72. The van der Waals surface area contributed by atoms with E-state index in [2.05, 4.69) is 9.88 Å². The van der Waals surface area contributed by atoms with E-state index in [1.54, 1.807) is 30.3 Å². The maximum Gasteiger partial charge on any atom is 0.274 e. The van der Waals surface area contributed by atoms with Gasteiger partial charge in [0.25, 0.3) is 5.56 Å². The summed E-state index contributed by atoms with van der Waals surface area (Å²) in [6.45, 7) is 3.21. The second kappa shape index (κ2) is 9.03. The van der Waals surface area contributed by atoms with Crippen molar-refractivity contribution in [2.45, 2.75) is 31.8 Å². The van der Waals surface area contributed by atoms with Gasteiger partial charge in [0, 0.05) is 48.9 Å². The number of likely N-dealkylation sites (tertiary alicyclic amines) is 1. The summed E-state index contributed by atoms with van der Waals surface area (Å²) < 4.78 is 6.88. The van der Waals surface area contributed by atoms with Crippen LogP contribution in [0.5, 0.6) is 0 Å². The van der Waals surface area contributed by atoms with E-state index in [-0.39, 0.29) is 5.56 Å². The van der Waals surface area contributed by atoms with E-state index >= 15 is 0 Å². The van der Waals surface area contributed by atoms with Crippen molar-refractivity contribution in [3.63, 3.8) is 0 Å². The molecule has 0 saturated carbocycles. The minimum absolute atomic E-state index is 0.0548. The molecule has 152 valence electrons. The molecule has 4 rings (SSSR count). The van der Waals surface area contributed by atoms with Gasteiger partial charge in [-0.2, -0.15) is 5.10 Å². The Bertz CT molecular complexity index is 1040. The quantitative estimate of drug-likeness (QED) is 0.596. The first kappa shape index (κ1) is 20.0. The van der Waals surface area contributed by atoms with E-state index in [0.29, 0.717) is 36.0 Å². The smallest absolute Gasteiger partial charge is 0.274 e. The SMILES string of the molecule is COCCN1CCC[C@@H]1Cn1nc(Cc2ccc(Cl)cc2)c2cnccc2c1=O. The van der Waals surface area contributed by atoms with E-state index in [1.165, 1.54) is 0 Å². The van der Waals surface area contributed by atoms with Gasteiger partial charge in [-0.15, -0.1) is 0 Å². The molecule has 0 N–H and O–H groups in total. The Kier molecular flexibility index (Phi) is 6.23. The fraction of sp³-hybridized carbons (Fsp3) is 0.409. The number of methoxy groups -OCH3 is 1. The van der Waals surface area contributed by atoms with Crippen LogP contribution < -0.4 is 5.56 Å². The molecule has 29 heavy (non-hydrogen) atoms. The molecular formula is C22H25ClN4O2. The first-order chi connectivity index (χ1) is 14.2. The molecule has 2 aromatic heterocycles. The highest BCUT2D eigenvalue weighted by Gasteiger charge is 2.25. The van der Waals surface area contributed by atoms with Crippen LogP contribution in [0.1, 0.15) is 24.1 Å². The standard InChI is InChI=1S/C22H25ClN4O2/c1-29-12-11-26-10-2-3-18(26)15-27-22(28)19-8-9-24-14-20(19)21(25-27)13-16-4-6-17(23)7-5-16/h4-9,14,18H,2-3,10-13,15H2,1H3/t18-/m1/s1. The van der Waals surface area contributed by atoms with Gasteiger partial charge in [-0.1, -0.05) is 23.7 Å². The van der Waals surface area contributed by atoms with Crippen molar-refractivity contribution in [3.8, 4) is 0 Å². The molecule has 3 heterocycles. The lowest BCUT2D eigenvalue weighted by Gasteiger charge is -2.24. The third-order valence-electron chi connectivity index (χ3n) is 5.59. The molecule has 1 saturated heterocycles. The topological polar surface area (TPSA) is 60.2 Å². The lowest BCUT2D eigenvalue weighted by atomic mass is 10.1. The number of hydrogen-bond acceptors (Lipinski definition) is 5. The van der Waals surface area contributed by atoms with E-state index < -0.39 is 0 Å². The van der Waals surface area contributed by atoms with Crippen molar-refractivity contribution >= 4 is 22.4 Å². The number of nitrogens with zero attached hydrogens (tertiary/aromatic N) is 4. The van der Waals surface area contributed by atoms with Crippen LogP contribution in [0.3, 0.4) is 0 Å². The van der Waals surface area contributed by atoms with Crippen LogP contribution in [0.25, 0.3) is 10.8 Å². The zero-order chi connectivity index (χ0) is 20.2. The molecule has 6 nitrogen and oxygen atoms in total. The first-order valence-corrected chi connectivity index (χ1v) is 10.3. The van der Waals surface area contributed by atoms with Gasteiger partial charge in [-0.3, -0.25) is 14.7 Å². The van der Waals surface area contributed by atoms with Crippen molar-refractivity contribution in [3.05, 3.63) is 69.4 Å². The largest absolute Gasteiger partial charge is 0.383 e. The number of ether oxygens (including phenoxy) is 1. The average molecular weight is 413 g/mol. The number of fused-ring (bicyclic) bond motifs is 1. The summed E-state index contributed by atoms with van der Waals surface area (Å²) in [6.07, 6.45) is 6.23. The molecule has 1 aromatic carbocycles. The molecule has 0 spiro atoms. The van der Waals surface area contributed by atoms with Crippen molar-refractivity contribution in [2.75, 3.05) is 26.8 Å². The van der Waals surface area contributed by atoms with Gasteiger partial charge in [0.2, 0.25) is 0 Å². The minimum Gasteiger partial charge on any atom is -0.383 e. The fourth-order valence-electron chi connectivity index (χ4n) is 4.05. The van der Waals surface area contributed by atoms with E-state index in [1.807, 2.05) is 24.3 Å². The fourth-order valence-corrected chi connectivity index (χ4v) is 4.18. The summed E-state index contributed by atoms with van der Waals surface area (Å²) >= 11 is 6.02. The minimum atomic E-state index is -0.0548. The van der Waals surface area contributed by atoms with Crippen LogP contribution in [0.2, 0.25) is 5.02 Å². The van der Waals surface area contributed by atoms with Crippen LogP contribution in [0.4, 0.5) is 0 Å². The first-order valence-electron chi connectivity index (χ1n) is 9.97. The molecule has 0 unspecified atom stereocenters. The molecule has 0 amide bonds. The number of pyridine rings is 1. The molecular weight excluding hydrogens is 388 g/mol. The average Bonchev–Trinajstić information content (AvgIpc) is 3.18. The zero-order valence-electron chi connectivity index (χ0n) is 16.6. The van der Waals surface area contributed by atoms with E-state index in [9.17, 15) is 4.79 Å². The second-order valence-corrected chi connectivity index (χ2v) is 7.92. The molecule has 0 aliphatic carbocycles. The van der Waals surface area contributed by atoms with Gasteiger partial charge >= 0.3 is 0 Å². The van der Waals surface area contributed by atoms with Gasteiger partial charge in [-0.25, -0.2) is 4.68 Å². The van der Waals surface area contributed by atoms with Crippen LogP contribution in [-0.2, 0) is 17.7 Å². The molecule has 1 aliphatic rings. The molecule has 0 bridgehead atoms. The van der Waals surface area contributed by atoms with Gasteiger partial charge in [0.05, 0.1) is 24.2 Å². The molecule has 1 atom stereocenters. The van der Waals surface area contributed by atoms with Crippen molar-refractivity contribution in [1.29, 1.82) is 0 Å². The second-order valence-electron chi connectivity index (χ2n) is 7.48. The Labute approximate surface area is 175 Å². The zero-order valence-corrected chi connectivity index (χ0v) is 17.3. The number of hydrogen-bond donors (Lipinski definition) is 0. The van der Waals surface area contributed by atoms with E-state index in [4.69, 9.17) is 21.4 Å². The van der Waals surface area contributed by atoms with Crippen molar-refractivity contribution in [1.82, 2.24) is 19.7 Å². The summed E-state index contributed by atoms with van der Waals surface area (Å²) in [5, 5.41) is 6.95. The normalized spacial score (nSPS) is 17.2. The summed E-state index contributed by atoms with van der Waals surface area (Å²) in [4.78, 5) is 19.7. The number of aromatic nitrogens is 3. The van der Waals surface area contributed by atoms with Crippen LogP contribution in [-0.4, -0.2) is 52.5 Å². The van der Waals surface area contributed by atoms with Crippen molar-refractivity contribution < 1.29 is 4.74 Å². The highest BCUT2D eigenvalue weighted by atomic mass is 35.5. The van der Waals surface area contributed by atoms with Gasteiger partial charge in [0.1, 0.15) is 0 Å². The van der Waals surface area contributed by atoms with Crippen LogP contribution >= 0.6 is 11.6 Å². The summed E-state index contributed by atoms with van der Waals surface area (Å²) in [6, 6.07) is 9.83. The van der Waals surface area contributed by atoms with Crippen LogP contribution in [0, 0.1) is 0 Å². The lowest BCUT2D eigenvalue weighted by Crippen LogP contribution is -2.39. The molecule has 3 aromatic rings. The Morgan fingerprint density at radius 2 is 2.03 bits per heavy atom. The number of rotatable bonds is 7. The van der Waals surface area contributed by atoms with Gasteiger partial charge in [-0.05, 0) is 43.1 Å². The van der Waals surface area contributed by atoms with Gasteiger partial charge in [0.15, 0.2) is 0 Å². The third kappa shape index (κ3) is 4.50. The maximum atomic E-state index is 13.1. The summed E-state index contributed by atoms with van der Waals surface area (Å²) in [5.74, 6) is 0. The monoisotopic (exact) mass is 412 g/mol. The molecule has 7 heteroatoms. The molecule has 1 fully saturated rings. The molecule has 1 aliphatic heterocycles. The highest BCUT2D eigenvalue weighted by molar-refractivity contribution is 6.30. The van der Waals surface area contributed by atoms with Gasteiger partial charge < -0.3 is 4.74 Å². The highest BCUT2D eigenvalue weighted by Crippen LogP contribution is 2.20. The Morgan fingerprint density at radius 1 is 1.21 bits per heavy atom. The summed E-state index contributed by atoms with van der Waals surface area (Å²) in [5.41, 5.74) is 1.90.